The summed E-state index contributed by atoms with van der Waals surface area (Å²) in [5.74, 6) is 1.67. The third-order valence-corrected chi connectivity index (χ3v) is 3.63. The Kier molecular flexibility index (Phi) is 4.44. The Morgan fingerprint density at radius 3 is 2.56 bits per heavy atom. The molecule has 1 fully saturated rings. The van der Waals surface area contributed by atoms with E-state index in [9.17, 15) is 5.11 Å². The third kappa shape index (κ3) is 3.15. The highest BCUT2D eigenvalue weighted by Gasteiger charge is 2.32. The highest BCUT2D eigenvalue weighted by atomic mass is 16.5. The molecule has 0 spiro atoms. The number of benzene rings is 1. The fourth-order valence-electron chi connectivity index (χ4n) is 2.28. The van der Waals surface area contributed by atoms with E-state index in [1.807, 2.05) is 24.3 Å². The van der Waals surface area contributed by atoms with Crippen LogP contribution < -0.4 is 14.8 Å². The van der Waals surface area contributed by atoms with Gasteiger partial charge in [-0.15, -0.1) is 0 Å². The highest BCUT2D eigenvalue weighted by molar-refractivity contribution is 5.31. The van der Waals surface area contributed by atoms with Crippen LogP contribution in [0.4, 0.5) is 0 Å². The molecule has 1 unspecified atom stereocenters. The standard InChI is InChI=1S/C14H21NO3/c1-17-12-2-4-13(5-3-12)18-9-7-14(11-16)6-8-15-10-14/h2-5,15-16H,6-11H2,1H3. The van der Waals surface area contributed by atoms with Gasteiger partial charge in [-0.1, -0.05) is 0 Å². The normalized spacial score (nSPS) is 23.0. The molecular weight excluding hydrogens is 230 g/mol. The zero-order valence-corrected chi connectivity index (χ0v) is 10.8. The van der Waals surface area contributed by atoms with Crippen molar-refractivity contribution in [3.05, 3.63) is 24.3 Å². The van der Waals surface area contributed by atoms with Crippen molar-refractivity contribution in [3.63, 3.8) is 0 Å². The minimum Gasteiger partial charge on any atom is -0.497 e. The summed E-state index contributed by atoms with van der Waals surface area (Å²) >= 11 is 0. The van der Waals surface area contributed by atoms with Crippen LogP contribution in [0.25, 0.3) is 0 Å². The average Bonchev–Trinajstić information content (AvgIpc) is 2.89. The molecule has 0 amide bonds. The Bertz CT molecular complexity index is 358. The summed E-state index contributed by atoms with van der Waals surface area (Å²) in [7, 11) is 1.65. The van der Waals surface area contributed by atoms with Gasteiger partial charge in [0.05, 0.1) is 20.3 Å². The summed E-state index contributed by atoms with van der Waals surface area (Å²) in [6.07, 6.45) is 1.90. The molecule has 2 rings (SSSR count). The van der Waals surface area contributed by atoms with Crippen LogP contribution in [0.1, 0.15) is 12.8 Å². The Labute approximate surface area is 108 Å². The maximum absolute atomic E-state index is 9.47. The van der Waals surface area contributed by atoms with Crippen molar-refractivity contribution in [2.45, 2.75) is 12.8 Å². The van der Waals surface area contributed by atoms with Crippen LogP contribution in [0, 0.1) is 5.41 Å². The maximum atomic E-state index is 9.47. The van der Waals surface area contributed by atoms with E-state index in [1.54, 1.807) is 7.11 Å². The van der Waals surface area contributed by atoms with E-state index in [4.69, 9.17) is 9.47 Å². The Morgan fingerprint density at radius 2 is 2.00 bits per heavy atom. The quantitative estimate of drug-likeness (QED) is 0.803. The summed E-state index contributed by atoms with van der Waals surface area (Å²) in [6.45, 7) is 2.74. The fourth-order valence-corrected chi connectivity index (χ4v) is 2.28. The van der Waals surface area contributed by atoms with Gasteiger partial charge in [-0.3, -0.25) is 0 Å². The molecule has 0 saturated carbocycles. The first-order valence-corrected chi connectivity index (χ1v) is 6.36. The van der Waals surface area contributed by atoms with E-state index in [1.165, 1.54) is 0 Å². The molecule has 1 aromatic rings. The molecule has 4 heteroatoms. The van der Waals surface area contributed by atoms with E-state index >= 15 is 0 Å². The highest BCUT2D eigenvalue weighted by Crippen LogP contribution is 2.29. The lowest BCUT2D eigenvalue weighted by molar-refractivity contribution is 0.112. The number of nitrogens with one attached hydrogen (secondary N) is 1. The first-order chi connectivity index (χ1) is 8.78. The second-order valence-corrected chi connectivity index (χ2v) is 4.86. The lowest BCUT2D eigenvalue weighted by Crippen LogP contribution is -2.30. The molecule has 1 atom stereocenters. The monoisotopic (exact) mass is 251 g/mol. The van der Waals surface area contributed by atoms with Crippen molar-refractivity contribution in [1.29, 1.82) is 0 Å². The molecule has 1 saturated heterocycles. The zero-order chi connectivity index (χ0) is 12.8. The van der Waals surface area contributed by atoms with Crippen molar-refractivity contribution in [2.24, 2.45) is 5.41 Å². The van der Waals surface area contributed by atoms with Crippen molar-refractivity contribution in [1.82, 2.24) is 5.32 Å². The molecule has 18 heavy (non-hydrogen) atoms. The summed E-state index contributed by atoms with van der Waals surface area (Å²) in [6, 6.07) is 7.57. The van der Waals surface area contributed by atoms with E-state index < -0.39 is 0 Å². The molecule has 0 bridgehead atoms. The van der Waals surface area contributed by atoms with Gasteiger partial charge in [-0.2, -0.15) is 0 Å². The van der Waals surface area contributed by atoms with Gasteiger partial charge in [0.25, 0.3) is 0 Å². The summed E-state index contributed by atoms with van der Waals surface area (Å²) < 4.78 is 10.8. The van der Waals surface area contributed by atoms with Gasteiger partial charge >= 0.3 is 0 Å². The minimum absolute atomic E-state index is 0.00642. The topological polar surface area (TPSA) is 50.7 Å². The van der Waals surface area contributed by atoms with Crippen LogP contribution >= 0.6 is 0 Å². The van der Waals surface area contributed by atoms with Crippen molar-refractivity contribution in [3.8, 4) is 11.5 Å². The number of rotatable bonds is 6. The van der Waals surface area contributed by atoms with Gasteiger partial charge in [0.15, 0.2) is 0 Å². The van der Waals surface area contributed by atoms with Crippen molar-refractivity contribution < 1.29 is 14.6 Å². The van der Waals surface area contributed by atoms with Gasteiger partial charge in [0, 0.05) is 12.0 Å². The molecule has 4 nitrogen and oxygen atoms in total. The van der Waals surface area contributed by atoms with E-state index in [-0.39, 0.29) is 12.0 Å². The van der Waals surface area contributed by atoms with Crippen LogP contribution in [0.5, 0.6) is 11.5 Å². The molecule has 100 valence electrons. The fraction of sp³-hybridized carbons (Fsp3) is 0.571. The molecule has 1 aliphatic rings. The second kappa shape index (κ2) is 6.07. The van der Waals surface area contributed by atoms with Crippen molar-refractivity contribution in [2.75, 3.05) is 33.4 Å². The molecule has 1 heterocycles. The number of ether oxygens (including phenoxy) is 2. The number of hydrogen-bond acceptors (Lipinski definition) is 4. The van der Waals surface area contributed by atoms with Crippen LogP contribution in [0.15, 0.2) is 24.3 Å². The Hall–Kier alpha value is -1.26. The predicted octanol–water partition coefficient (Wildman–Crippen LogP) is 1.44. The number of aliphatic hydroxyl groups is 1. The summed E-state index contributed by atoms with van der Waals surface area (Å²) in [5, 5.41) is 12.8. The smallest absolute Gasteiger partial charge is 0.119 e. The molecule has 0 aliphatic carbocycles. The number of aliphatic hydroxyl groups excluding tert-OH is 1. The first kappa shape index (κ1) is 13.2. The Morgan fingerprint density at radius 1 is 1.28 bits per heavy atom. The van der Waals surface area contributed by atoms with Crippen molar-refractivity contribution >= 4 is 0 Å². The van der Waals surface area contributed by atoms with Crippen LogP contribution in [-0.2, 0) is 0 Å². The molecule has 0 aromatic heterocycles. The van der Waals surface area contributed by atoms with E-state index in [2.05, 4.69) is 5.32 Å². The number of hydrogen-bond donors (Lipinski definition) is 2. The lowest BCUT2D eigenvalue weighted by Gasteiger charge is -2.25. The lowest BCUT2D eigenvalue weighted by atomic mass is 9.85. The Balaban J connectivity index is 1.80. The zero-order valence-electron chi connectivity index (χ0n) is 10.8. The van der Waals surface area contributed by atoms with E-state index in [0.717, 1.165) is 37.4 Å². The maximum Gasteiger partial charge on any atom is 0.119 e. The largest absolute Gasteiger partial charge is 0.497 e. The van der Waals surface area contributed by atoms with Gasteiger partial charge in [0.2, 0.25) is 0 Å². The van der Waals surface area contributed by atoms with Crippen LogP contribution in [0.3, 0.4) is 0 Å². The molecule has 0 radical (unpaired) electrons. The third-order valence-electron chi connectivity index (χ3n) is 3.63. The molecule has 1 aromatic carbocycles. The predicted molar refractivity (Wildman–Crippen MR) is 70.1 cm³/mol. The molecular formula is C14H21NO3. The average molecular weight is 251 g/mol. The summed E-state index contributed by atoms with van der Waals surface area (Å²) in [5.41, 5.74) is 0.00642. The minimum atomic E-state index is 0.00642. The first-order valence-electron chi connectivity index (χ1n) is 6.36. The van der Waals surface area contributed by atoms with Gasteiger partial charge < -0.3 is 19.9 Å². The van der Waals surface area contributed by atoms with Crippen LogP contribution in [0.2, 0.25) is 0 Å². The van der Waals surface area contributed by atoms with E-state index in [0.29, 0.717) is 6.61 Å². The van der Waals surface area contributed by atoms with Crippen LogP contribution in [-0.4, -0.2) is 38.5 Å². The molecule has 1 aliphatic heterocycles. The second-order valence-electron chi connectivity index (χ2n) is 4.86. The van der Waals surface area contributed by atoms with Gasteiger partial charge in [-0.25, -0.2) is 0 Å². The van der Waals surface area contributed by atoms with Gasteiger partial charge in [-0.05, 0) is 43.7 Å². The summed E-state index contributed by atoms with van der Waals surface area (Å²) in [4.78, 5) is 0. The molecule has 2 N–H and O–H groups in total. The SMILES string of the molecule is COc1ccc(OCCC2(CO)CCNC2)cc1. The number of methoxy groups -OCH3 is 1. The van der Waals surface area contributed by atoms with Gasteiger partial charge in [0.1, 0.15) is 11.5 Å².